The van der Waals surface area contributed by atoms with E-state index < -0.39 is 0 Å². The van der Waals surface area contributed by atoms with Crippen molar-refractivity contribution in [3.05, 3.63) is 29.8 Å². The number of urea groups is 1. The number of thioether (sulfide) groups is 1. The molecule has 0 heterocycles. The summed E-state index contributed by atoms with van der Waals surface area (Å²) in [6.07, 6.45) is 2.82. The first-order valence-corrected chi connectivity index (χ1v) is 8.20. The molecule has 1 aromatic rings. The Hall–Kier alpha value is -1.20. The minimum absolute atomic E-state index is 0.0434. The molecule has 0 unspecified atom stereocenters. The van der Waals surface area contributed by atoms with Gasteiger partial charge in [-0.05, 0) is 36.3 Å². The van der Waals surface area contributed by atoms with Gasteiger partial charge in [-0.2, -0.15) is 11.8 Å². The van der Waals surface area contributed by atoms with Gasteiger partial charge in [0.25, 0.3) is 0 Å². The highest BCUT2D eigenvalue weighted by Gasteiger charge is 2.12. The molecule has 112 valence electrons. The molecule has 0 radical (unpaired) electrons. The van der Waals surface area contributed by atoms with Crippen LogP contribution in [0.4, 0.5) is 10.5 Å². The number of carbonyl (C=O) groups is 1. The Morgan fingerprint density at radius 2 is 1.95 bits per heavy atom. The summed E-state index contributed by atoms with van der Waals surface area (Å²) in [6.45, 7) is 4.08. The molecule has 3 N–H and O–H groups in total. The van der Waals surface area contributed by atoms with E-state index in [1.54, 1.807) is 11.8 Å². The zero-order valence-electron chi connectivity index (χ0n) is 12.3. The molecule has 0 saturated heterocycles. The fourth-order valence-corrected chi connectivity index (χ4v) is 2.48. The van der Waals surface area contributed by atoms with Gasteiger partial charge in [0.15, 0.2) is 0 Å². The number of benzene rings is 1. The summed E-state index contributed by atoms with van der Waals surface area (Å²) in [6, 6.07) is 7.31. The average Bonchev–Trinajstić information content (AvgIpc) is 2.40. The number of anilines is 1. The molecule has 1 aromatic carbocycles. The van der Waals surface area contributed by atoms with Gasteiger partial charge < -0.3 is 15.7 Å². The van der Waals surface area contributed by atoms with E-state index in [2.05, 4.69) is 30.7 Å². The van der Waals surface area contributed by atoms with Crippen LogP contribution in [-0.4, -0.2) is 30.0 Å². The van der Waals surface area contributed by atoms with Gasteiger partial charge in [-0.1, -0.05) is 26.0 Å². The number of aliphatic hydroxyl groups excluding tert-OH is 1. The minimum Gasteiger partial charge on any atom is -0.394 e. The van der Waals surface area contributed by atoms with Crippen molar-refractivity contribution in [3.8, 4) is 0 Å². The average molecular weight is 296 g/mol. The number of carbonyl (C=O) groups excluding carboxylic acids is 1. The highest BCUT2D eigenvalue weighted by molar-refractivity contribution is 7.97. The molecule has 0 spiro atoms. The Kier molecular flexibility index (Phi) is 7.47. The second kappa shape index (κ2) is 8.87. The van der Waals surface area contributed by atoms with E-state index >= 15 is 0 Å². The van der Waals surface area contributed by atoms with Crippen LogP contribution >= 0.6 is 11.8 Å². The van der Waals surface area contributed by atoms with Crippen molar-refractivity contribution < 1.29 is 9.90 Å². The molecule has 0 saturated carbocycles. The molecule has 20 heavy (non-hydrogen) atoms. The second-order valence-electron chi connectivity index (χ2n) is 5.24. The van der Waals surface area contributed by atoms with Crippen molar-refractivity contribution in [2.24, 2.45) is 5.92 Å². The molecule has 4 nitrogen and oxygen atoms in total. The molecule has 0 aliphatic carbocycles. The highest BCUT2D eigenvalue weighted by atomic mass is 32.2. The van der Waals surface area contributed by atoms with Crippen molar-refractivity contribution >= 4 is 23.5 Å². The first-order valence-electron chi connectivity index (χ1n) is 6.81. The lowest BCUT2D eigenvalue weighted by Crippen LogP contribution is -2.40. The summed E-state index contributed by atoms with van der Waals surface area (Å²) in [5, 5.41) is 14.8. The maximum absolute atomic E-state index is 11.8. The first kappa shape index (κ1) is 16.9. The van der Waals surface area contributed by atoms with Crippen molar-refractivity contribution in [1.29, 1.82) is 0 Å². The van der Waals surface area contributed by atoms with Crippen LogP contribution in [-0.2, 0) is 5.75 Å². The van der Waals surface area contributed by atoms with Gasteiger partial charge in [-0.25, -0.2) is 4.79 Å². The molecule has 1 atom stereocenters. The van der Waals surface area contributed by atoms with Gasteiger partial charge in [0.05, 0.1) is 12.6 Å². The monoisotopic (exact) mass is 296 g/mol. The fourth-order valence-electron chi connectivity index (χ4n) is 1.95. The second-order valence-corrected chi connectivity index (χ2v) is 6.10. The first-order chi connectivity index (χ1) is 9.55. The molecule has 0 aromatic heterocycles. The van der Waals surface area contributed by atoms with Crippen LogP contribution in [0.1, 0.15) is 25.8 Å². The Labute approximate surface area is 125 Å². The van der Waals surface area contributed by atoms with E-state index in [-0.39, 0.29) is 18.7 Å². The van der Waals surface area contributed by atoms with Crippen LogP contribution in [0.2, 0.25) is 0 Å². The predicted octanol–water partition coefficient (Wildman–Crippen LogP) is 3.08. The third-order valence-corrected chi connectivity index (χ3v) is 3.46. The number of amides is 2. The van der Waals surface area contributed by atoms with E-state index in [0.29, 0.717) is 5.92 Å². The number of nitrogens with one attached hydrogen (secondary N) is 2. The molecular formula is C15H24N2O2S. The van der Waals surface area contributed by atoms with Gasteiger partial charge in [0.1, 0.15) is 0 Å². The van der Waals surface area contributed by atoms with Crippen molar-refractivity contribution in [2.75, 3.05) is 18.2 Å². The zero-order valence-corrected chi connectivity index (χ0v) is 13.2. The molecule has 0 aliphatic heterocycles. The van der Waals surface area contributed by atoms with Gasteiger partial charge in [0, 0.05) is 11.4 Å². The minimum atomic E-state index is -0.276. The number of hydrogen-bond acceptors (Lipinski definition) is 3. The van der Waals surface area contributed by atoms with Crippen LogP contribution in [0.5, 0.6) is 0 Å². The summed E-state index contributed by atoms with van der Waals surface area (Å²) in [5.74, 6) is 1.39. The van der Waals surface area contributed by atoms with Crippen LogP contribution < -0.4 is 10.6 Å². The number of rotatable bonds is 7. The summed E-state index contributed by atoms with van der Waals surface area (Å²) >= 11 is 1.76. The maximum Gasteiger partial charge on any atom is 0.319 e. The third kappa shape index (κ3) is 6.30. The Morgan fingerprint density at radius 3 is 2.45 bits per heavy atom. The van der Waals surface area contributed by atoms with E-state index in [1.807, 2.05) is 24.3 Å². The normalized spacial score (nSPS) is 12.2. The zero-order chi connectivity index (χ0) is 15.0. The van der Waals surface area contributed by atoms with E-state index in [4.69, 9.17) is 0 Å². The quantitative estimate of drug-likeness (QED) is 0.724. The van der Waals surface area contributed by atoms with Crippen molar-refractivity contribution in [2.45, 2.75) is 32.1 Å². The molecule has 5 heteroatoms. The lowest BCUT2D eigenvalue weighted by molar-refractivity contribution is 0.214. The number of aliphatic hydroxyl groups is 1. The topological polar surface area (TPSA) is 61.4 Å². The molecule has 0 bridgehead atoms. The molecule has 0 aliphatic rings. The predicted molar refractivity (Wildman–Crippen MR) is 86.1 cm³/mol. The van der Waals surface area contributed by atoms with E-state index in [9.17, 15) is 9.90 Å². The van der Waals surface area contributed by atoms with Gasteiger partial charge in [-0.3, -0.25) is 0 Å². The summed E-state index contributed by atoms with van der Waals surface area (Å²) < 4.78 is 0. The van der Waals surface area contributed by atoms with E-state index in [0.717, 1.165) is 17.9 Å². The summed E-state index contributed by atoms with van der Waals surface area (Å²) in [4.78, 5) is 11.8. The fraction of sp³-hybridized carbons (Fsp3) is 0.533. The molecular weight excluding hydrogens is 272 g/mol. The SMILES string of the molecule is CSCc1ccc(NC(=O)N[C@H](CO)CC(C)C)cc1. The van der Waals surface area contributed by atoms with Crippen LogP contribution in [0.25, 0.3) is 0 Å². The van der Waals surface area contributed by atoms with Crippen molar-refractivity contribution in [1.82, 2.24) is 5.32 Å². The highest BCUT2D eigenvalue weighted by Crippen LogP contribution is 2.13. The smallest absolute Gasteiger partial charge is 0.319 e. The van der Waals surface area contributed by atoms with Gasteiger partial charge >= 0.3 is 6.03 Å². The summed E-state index contributed by atoms with van der Waals surface area (Å²) in [5.41, 5.74) is 1.99. The summed E-state index contributed by atoms with van der Waals surface area (Å²) in [7, 11) is 0. The largest absolute Gasteiger partial charge is 0.394 e. The molecule has 0 fully saturated rings. The Balaban J connectivity index is 2.48. The maximum atomic E-state index is 11.8. The third-order valence-electron chi connectivity index (χ3n) is 2.83. The molecule has 1 rings (SSSR count). The molecule has 2 amide bonds. The van der Waals surface area contributed by atoms with Crippen LogP contribution in [0.15, 0.2) is 24.3 Å². The van der Waals surface area contributed by atoms with Crippen molar-refractivity contribution in [3.63, 3.8) is 0 Å². The number of hydrogen-bond donors (Lipinski definition) is 3. The van der Waals surface area contributed by atoms with Gasteiger partial charge in [0.2, 0.25) is 0 Å². The lowest BCUT2D eigenvalue weighted by atomic mass is 10.0. The standard InChI is InChI=1S/C15H24N2O2S/c1-11(2)8-14(9-18)17-15(19)16-13-6-4-12(5-7-13)10-20-3/h4-7,11,14,18H,8-10H2,1-3H3,(H2,16,17,19)/t14-/m0/s1. The van der Waals surface area contributed by atoms with Crippen LogP contribution in [0, 0.1) is 5.92 Å². The Morgan fingerprint density at radius 1 is 1.30 bits per heavy atom. The van der Waals surface area contributed by atoms with Gasteiger partial charge in [-0.15, -0.1) is 0 Å². The Bertz CT molecular complexity index is 407. The lowest BCUT2D eigenvalue weighted by Gasteiger charge is -2.18. The van der Waals surface area contributed by atoms with E-state index in [1.165, 1.54) is 5.56 Å². The van der Waals surface area contributed by atoms with Crippen LogP contribution in [0.3, 0.4) is 0 Å².